The van der Waals surface area contributed by atoms with E-state index in [-0.39, 0.29) is 4.90 Å². The van der Waals surface area contributed by atoms with Crippen molar-refractivity contribution in [1.82, 2.24) is 23.6 Å². The summed E-state index contributed by atoms with van der Waals surface area (Å²) in [7, 11) is -1.52. The second-order valence-corrected chi connectivity index (χ2v) is 11.4. The quantitative estimate of drug-likeness (QED) is 0.309. The molecule has 36 heavy (non-hydrogen) atoms. The molecule has 4 aromatic rings. The zero-order valence-electron chi connectivity index (χ0n) is 20.2. The van der Waals surface area contributed by atoms with Gasteiger partial charge in [0.1, 0.15) is 0 Å². The van der Waals surface area contributed by atoms with Crippen LogP contribution in [0.15, 0.2) is 89.8 Å². The van der Waals surface area contributed by atoms with Crippen molar-refractivity contribution in [2.24, 2.45) is 0 Å². The molecule has 1 aliphatic heterocycles. The van der Waals surface area contributed by atoms with E-state index in [0.717, 1.165) is 25.1 Å². The molecular formula is C27H29N5O2S2. The third kappa shape index (κ3) is 5.05. The van der Waals surface area contributed by atoms with Gasteiger partial charge in [0.05, 0.1) is 11.6 Å². The molecule has 0 bridgehead atoms. The molecule has 0 spiro atoms. The zero-order valence-corrected chi connectivity index (χ0v) is 21.8. The highest BCUT2D eigenvalue weighted by atomic mass is 32.2. The first-order valence-electron chi connectivity index (χ1n) is 12.0. The van der Waals surface area contributed by atoms with Gasteiger partial charge < -0.3 is 0 Å². The van der Waals surface area contributed by atoms with Crippen LogP contribution in [0.5, 0.6) is 0 Å². The van der Waals surface area contributed by atoms with Gasteiger partial charge in [-0.2, -0.15) is 4.31 Å². The molecule has 0 radical (unpaired) electrons. The van der Waals surface area contributed by atoms with E-state index in [1.54, 1.807) is 27.2 Å². The lowest BCUT2D eigenvalue weighted by Gasteiger charge is -2.16. The minimum absolute atomic E-state index is 0.281. The summed E-state index contributed by atoms with van der Waals surface area (Å²) in [5.74, 6) is 0.609. The largest absolute Gasteiger partial charge is 0.283 e. The lowest BCUT2D eigenvalue weighted by molar-refractivity contribution is 0.244. The smallest absolute Gasteiger partial charge is 0.243 e. The first-order chi connectivity index (χ1) is 17.4. The Morgan fingerprint density at radius 2 is 1.58 bits per heavy atom. The fourth-order valence-corrected chi connectivity index (χ4v) is 6.40. The Morgan fingerprint density at radius 1 is 0.917 bits per heavy atom. The zero-order chi connectivity index (χ0) is 25.1. The highest BCUT2D eigenvalue weighted by Gasteiger charge is 2.28. The molecule has 0 amide bonds. The van der Waals surface area contributed by atoms with Crippen molar-refractivity contribution < 1.29 is 8.42 Å². The van der Waals surface area contributed by atoms with Crippen molar-refractivity contribution in [3.05, 3.63) is 95.3 Å². The molecular weight excluding hydrogens is 490 g/mol. The molecule has 1 aliphatic rings. The summed E-state index contributed by atoms with van der Waals surface area (Å²) in [5.41, 5.74) is 2.78. The number of para-hydroxylation sites is 1. The van der Waals surface area contributed by atoms with Gasteiger partial charge in [0.25, 0.3) is 0 Å². The standard InChI is InChI=1S/C27H29N5O2S2/c1-29(20-22-11-4-2-5-12-22)21-31-27(35)32(24-14-6-3-7-15-24)26(28-31)23-13-10-16-25(19-23)36(33,34)30-17-8-9-18-30/h2-7,10-16,19H,8-9,17-18,20-21H2,1H3. The summed E-state index contributed by atoms with van der Waals surface area (Å²) < 4.78 is 32.3. The average molecular weight is 520 g/mol. The van der Waals surface area contributed by atoms with E-state index in [2.05, 4.69) is 17.0 Å². The second-order valence-electron chi connectivity index (χ2n) is 9.06. The van der Waals surface area contributed by atoms with Crippen LogP contribution in [0.3, 0.4) is 0 Å². The van der Waals surface area contributed by atoms with Gasteiger partial charge in [-0.25, -0.2) is 13.1 Å². The number of nitrogens with zero attached hydrogens (tertiary/aromatic N) is 5. The molecule has 7 nitrogen and oxygen atoms in total. The van der Waals surface area contributed by atoms with Crippen LogP contribution in [0.2, 0.25) is 0 Å². The van der Waals surface area contributed by atoms with Crippen molar-refractivity contribution in [2.45, 2.75) is 31.0 Å². The van der Waals surface area contributed by atoms with E-state index >= 15 is 0 Å². The normalized spacial score (nSPS) is 14.5. The van der Waals surface area contributed by atoms with E-state index in [9.17, 15) is 8.42 Å². The average Bonchev–Trinajstić information content (AvgIpc) is 3.55. The molecule has 3 aromatic carbocycles. The fourth-order valence-electron chi connectivity index (χ4n) is 4.54. The summed E-state index contributed by atoms with van der Waals surface area (Å²) in [6.07, 6.45) is 1.79. The van der Waals surface area contributed by atoms with E-state index in [1.165, 1.54) is 5.56 Å². The molecule has 186 valence electrons. The highest BCUT2D eigenvalue weighted by Crippen LogP contribution is 2.27. The van der Waals surface area contributed by atoms with E-state index in [0.29, 0.717) is 35.9 Å². The molecule has 5 rings (SSSR count). The number of hydrogen-bond acceptors (Lipinski definition) is 5. The number of benzene rings is 3. The minimum atomic E-state index is -3.55. The van der Waals surface area contributed by atoms with Gasteiger partial charge in [-0.1, -0.05) is 60.7 Å². The summed E-state index contributed by atoms with van der Waals surface area (Å²) in [6.45, 7) is 2.37. The summed E-state index contributed by atoms with van der Waals surface area (Å²) >= 11 is 5.88. The first-order valence-corrected chi connectivity index (χ1v) is 13.9. The molecule has 0 atom stereocenters. The molecule has 0 saturated carbocycles. The van der Waals surface area contributed by atoms with E-state index in [4.69, 9.17) is 17.3 Å². The van der Waals surface area contributed by atoms with Crippen LogP contribution in [0.1, 0.15) is 18.4 Å². The van der Waals surface area contributed by atoms with Crippen molar-refractivity contribution in [2.75, 3.05) is 20.1 Å². The summed E-state index contributed by atoms with van der Waals surface area (Å²) in [4.78, 5) is 2.43. The first kappa shape index (κ1) is 24.6. The lowest BCUT2D eigenvalue weighted by atomic mass is 10.2. The number of rotatable bonds is 8. The molecule has 0 unspecified atom stereocenters. The van der Waals surface area contributed by atoms with Gasteiger partial charge >= 0.3 is 0 Å². The van der Waals surface area contributed by atoms with Crippen molar-refractivity contribution >= 4 is 22.2 Å². The fraction of sp³-hybridized carbons (Fsp3) is 0.259. The molecule has 1 aromatic heterocycles. The molecule has 1 saturated heterocycles. The Balaban J connectivity index is 1.54. The molecule has 9 heteroatoms. The van der Waals surface area contributed by atoms with E-state index in [1.807, 2.05) is 66.2 Å². The van der Waals surface area contributed by atoms with Crippen molar-refractivity contribution in [3.63, 3.8) is 0 Å². The van der Waals surface area contributed by atoms with Crippen LogP contribution < -0.4 is 0 Å². The van der Waals surface area contributed by atoms with Gasteiger partial charge in [0.2, 0.25) is 14.8 Å². The number of sulfonamides is 1. The van der Waals surface area contributed by atoms with Gasteiger partial charge in [-0.3, -0.25) is 9.47 Å². The van der Waals surface area contributed by atoms with Crippen molar-refractivity contribution in [1.29, 1.82) is 0 Å². The summed E-state index contributed by atoms with van der Waals surface area (Å²) in [6, 6.07) is 27.1. The van der Waals surface area contributed by atoms with Crippen LogP contribution in [0.4, 0.5) is 0 Å². The van der Waals surface area contributed by atoms with Crippen LogP contribution in [0, 0.1) is 4.77 Å². The lowest BCUT2D eigenvalue weighted by Crippen LogP contribution is -2.27. The second kappa shape index (κ2) is 10.5. The molecule has 0 aliphatic carbocycles. The topological polar surface area (TPSA) is 63.4 Å². The Hall–Kier alpha value is -3.11. The third-order valence-corrected chi connectivity index (χ3v) is 8.61. The Kier molecular flexibility index (Phi) is 7.15. The van der Waals surface area contributed by atoms with E-state index < -0.39 is 10.0 Å². The Morgan fingerprint density at radius 3 is 2.28 bits per heavy atom. The van der Waals surface area contributed by atoms with Crippen LogP contribution in [0.25, 0.3) is 17.1 Å². The highest BCUT2D eigenvalue weighted by molar-refractivity contribution is 7.89. The maximum absolute atomic E-state index is 13.2. The maximum atomic E-state index is 13.2. The summed E-state index contributed by atoms with van der Waals surface area (Å²) in [5, 5.41) is 4.88. The monoisotopic (exact) mass is 519 g/mol. The molecule has 1 fully saturated rings. The van der Waals surface area contributed by atoms with Gasteiger partial charge in [-0.05, 0) is 61.9 Å². The number of aromatic nitrogens is 3. The van der Waals surface area contributed by atoms with Gasteiger partial charge in [0.15, 0.2) is 5.82 Å². The minimum Gasteiger partial charge on any atom is -0.283 e. The van der Waals surface area contributed by atoms with Crippen molar-refractivity contribution in [3.8, 4) is 17.1 Å². The Labute approximate surface area is 217 Å². The molecule has 0 N–H and O–H groups in total. The maximum Gasteiger partial charge on any atom is 0.243 e. The third-order valence-electron chi connectivity index (χ3n) is 6.32. The van der Waals surface area contributed by atoms with Crippen LogP contribution in [-0.4, -0.2) is 52.1 Å². The van der Waals surface area contributed by atoms with Gasteiger partial charge in [0, 0.05) is 30.9 Å². The van der Waals surface area contributed by atoms with Crippen LogP contribution >= 0.6 is 12.2 Å². The SMILES string of the molecule is CN(Cc1ccccc1)Cn1nc(-c2cccc(S(=O)(=O)N3CCCC3)c2)n(-c2ccccc2)c1=S. The predicted octanol–water partition coefficient (Wildman–Crippen LogP) is 4.94. The number of hydrogen-bond donors (Lipinski definition) is 0. The Bertz CT molecular complexity index is 1490. The molecule has 2 heterocycles. The van der Waals surface area contributed by atoms with Gasteiger partial charge in [-0.15, -0.1) is 5.10 Å². The predicted molar refractivity (Wildman–Crippen MR) is 144 cm³/mol. The van der Waals surface area contributed by atoms with Crippen LogP contribution in [-0.2, 0) is 23.2 Å².